The Morgan fingerprint density at radius 3 is 2.56 bits per heavy atom. The van der Waals surface area contributed by atoms with Crippen molar-refractivity contribution >= 4 is 45.7 Å². The third kappa shape index (κ3) is 4.50. The lowest BCUT2D eigenvalue weighted by Crippen LogP contribution is -2.34. The number of H-pyrrole nitrogens is 1. The number of aromatic nitrogens is 3. The van der Waals surface area contributed by atoms with Gasteiger partial charge in [0.1, 0.15) is 23.0 Å². The van der Waals surface area contributed by atoms with Gasteiger partial charge in [-0.1, -0.05) is 55.2 Å². The molecule has 2 N–H and O–H groups in total. The van der Waals surface area contributed by atoms with Gasteiger partial charge in [0.25, 0.3) is 0 Å². The number of ether oxygens (including phenoxy) is 2. The van der Waals surface area contributed by atoms with E-state index >= 15 is 0 Å². The van der Waals surface area contributed by atoms with Crippen LogP contribution in [0.5, 0.6) is 11.5 Å². The Morgan fingerprint density at radius 2 is 1.79 bits per heavy atom. The first-order valence-corrected chi connectivity index (χ1v) is 14.8. The second-order valence-electron chi connectivity index (χ2n) is 11.9. The van der Waals surface area contributed by atoms with Crippen LogP contribution in [-0.2, 0) is 4.79 Å². The molecule has 0 spiro atoms. The zero-order valence-corrected chi connectivity index (χ0v) is 25.7. The lowest BCUT2D eigenvalue weighted by Gasteiger charge is -2.39. The highest BCUT2D eigenvalue weighted by atomic mass is 35.5. The standard InChI is InChI=1S/C34H30Cl2N4O3/c1-34(2)15-26-30(27(41)16-34)29(21-14-19(42-3)10-12-28(21)43-4)31-32(22-17-37-25-8-6-5-7-20(22)25)39-40(33(31)38-26)18-9-11-23(35)24(36)13-18/h5-14,17,29,37-38H,15-16H2,1-4H3. The highest BCUT2D eigenvalue weighted by Crippen LogP contribution is 2.54. The minimum absolute atomic E-state index is 0.103. The largest absolute Gasteiger partial charge is 0.497 e. The van der Waals surface area contributed by atoms with E-state index in [2.05, 4.69) is 30.2 Å². The van der Waals surface area contributed by atoms with Crippen molar-refractivity contribution in [1.29, 1.82) is 0 Å². The smallest absolute Gasteiger partial charge is 0.162 e. The van der Waals surface area contributed by atoms with Crippen LogP contribution < -0.4 is 14.8 Å². The average molecular weight is 614 g/mol. The first kappa shape index (κ1) is 27.6. The molecular weight excluding hydrogens is 583 g/mol. The lowest BCUT2D eigenvalue weighted by molar-refractivity contribution is -0.118. The Bertz CT molecular complexity index is 1970. The molecule has 1 atom stereocenters. The van der Waals surface area contributed by atoms with E-state index in [-0.39, 0.29) is 11.2 Å². The number of allylic oxidation sites excluding steroid dienone is 2. The molecule has 0 fully saturated rings. The van der Waals surface area contributed by atoms with Gasteiger partial charge in [-0.05, 0) is 54.3 Å². The molecule has 5 aromatic rings. The fourth-order valence-electron chi connectivity index (χ4n) is 6.54. The van der Waals surface area contributed by atoms with E-state index in [1.165, 1.54) is 0 Å². The monoisotopic (exact) mass is 612 g/mol. The van der Waals surface area contributed by atoms with Gasteiger partial charge in [0, 0.05) is 57.4 Å². The maximum absolute atomic E-state index is 14.1. The highest BCUT2D eigenvalue weighted by molar-refractivity contribution is 6.42. The maximum atomic E-state index is 14.1. The van der Waals surface area contributed by atoms with Gasteiger partial charge in [-0.25, -0.2) is 4.68 Å². The molecule has 1 aliphatic carbocycles. The second-order valence-corrected chi connectivity index (χ2v) is 12.7. The molecule has 3 heterocycles. The molecular formula is C34H30Cl2N4O3. The molecule has 1 aliphatic heterocycles. The number of para-hydroxylation sites is 1. The Hall–Kier alpha value is -4.20. The normalized spacial score (nSPS) is 17.4. The average Bonchev–Trinajstić information content (AvgIpc) is 3.58. The van der Waals surface area contributed by atoms with E-state index < -0.39 is 5.92 Å². The summed E-state index contributed by atoms with van der Waals surface area (Å²) < 4.78 is 13.4. The molecule has 218 valence electrons. The number of rotatable bonds is 5. The van der Waals surface area contributed by atoms with Crippen LogP contribution in [0, 0.1) is 5.41 Å². The number of carbonyl (C=O) groups is 1. The summed E-state index contributed by atoms with van der Waals surface area (Å²) in [5, 5.41) is 10.8. The molecule has 3 aromatic carbocycles. The molecule has 0 radical (unpaired) electrons. The molecule has 0 amide bonds. The molecule has 7 nitrogen and oxygen atoms in total. The van der Waals surface area contributed by atoms with Crippen molar-refractivity contribution in [2.75, 3.05) is 19.5 Å². The van der Waals surface area contributed by atoms with Crippen molar-refractivity contribution in [2.45, 2.75) is 32.6 Å². The number of hydrogen-bond acceptors (Lipinski definition) is 5. The van der Waals surface area contributed by atoms with Crippen LogP contribution >= 0.6 is 23.2 Å². The van der Waals surface area contributed by atoms with Gasteiger partial charge in [-0.3, -0.25) is 4.79 Å². The fourth-order valence-corrected chi connectivity index (χ4v) is 6.83. The van der Waals surface area contributed by atoms with Gasteiger partial charge in [0.05, 0.1) is 30.0 Å². The number of hydrogen-bond donors (Lipinski definition) is 2. The molecule has 0 bridgehead atoms. The van der Waals surface area contributed by atoms with Crippen molar-refractivity contribution in [1.82, 2.24) is 14.8 Å². The molecule has 0 saturated heterocycles. The summed E-state index contributed by atoms with van der Waals surface area (Å²) in [6, 6.07) is 19.3. The first-order chi connectivity index (χ1) is 20.7. The number of nitrogens with one attached hydrogen (secondary N) is 2. The van der Waals surface area contributed by atoms with Crippen LogP contribution in [0.15, 0.2) is 78.1 Å². The minimum Gasteiger partial charge on any atom is -0.497 e. The van der Waals surface area contributed by atoms with E-state index in [0.29, 0.717) is 34.4 Å². The summed E-state index contributed by atoms with van der Waals surface area (Å²) in [5.74, 6) is 1.73. The highest BCUT2D eigenvalue weighted by Gasteiger charge is 2.45. The van der Waals surface area contributed by atoms with Gasteiger partial charge >= 0.3 is 0 Å². The Balaban J connectivity index is 1.59. The topological polar surface area (TPSA) is 81.2 Å². The number of ketones is 1. The third-order valence-corrected chi connectivity index (χ3v) is 9.17. The SMILES string of the molecule is COc1ccc(OC)c(C2C3=C(CC(C)(C)CC3=O)Nc3c2c(-c2c[nH]c4ccccc24)nn3-c2ccc(Cl)c(Cl)c2)c1. The zero-order valence-electron chi connectivity index (χ0n) is 24.2. The Labute approximate surface area is 259 Å². The molecule has 2 aliphatic rings. The zero-order chi connectivity index (χ0) is 30.0. The predicted octanol–water partition coefficient (Wildman–Crippen LogP) is 8.55. The van der Waals surface area contributed by atoms with Crippen molar-refractivity contribution in [3.63, 3.8) is 0 Å². The molecule has 7 rings (SSSR count). The van der Waals surface area contributed by atoms with Crippen LogP contribution in [0.4, 0.5) is 5.82 Å². The van der Waals surface area contributed by atoms with E-state index in [9.17, 15) is 4.79 Å². The number of halogens is 2. The van der Waals surface area contributed by atoms with Gasteiger partial charge in [-0.2, -0.15) is 5.10 Å². The number of Topliss-reactive ketones (excluding diaryl/α,β-unsaturated/α-hetero) is 1. The fraction of sp³-hybridized carbons (Fsp3) is 0.235. The lowest BCUT2D eigenvalue weighted by atomic mass is 9.68. The summed E-state index contributed by atoms with van der Waals surface area (Å²) in [6.45, 7) is 4.25. The Morgan fingerprint density at radius 1 is 0.977 bits per heavy atom. The van der Waals surface area contributed by atoms with Crippen LogP contribution in [-0.4, -0.2) is 34.8 Å². The summed E-state index contributed by atoms with van der Waals surface area (Å²) in [5.41, 5.74) is 6.50. The van der Waals surface area contributed by atoms with Crippen molar-refractivity contribution < 1.29 is 14.3 Å². The summed E-state index contributed by atoms with van der Waals surface area (Å²) in [7, 11) is 3.28. The number of nitrogens with zero attached hydrogens (tertiary/aromatic N) is 2. The number of carbonyl (C=O) groups excluding carboxylic acids is 1. The number of methoxy groups -OCH3 is 2. The molecule has 1 unspecified atom stereocenters. The van der Waals surface area contributed by atoms with Crippen molar-refractivity contribution in [3.05, 3.63) is 99.3 Å². The van der Waals surface area contributed by atoms with Crippen LogP contribution in [0.25, 0.3) is 27.8 Å². The second kappa shape index (κ2) is 10.2. The number of benzene rings is 3. The van der Waals surface area contributed by atoms with Gasteiger partial charge in [-0.15, -0.1) is 0 Å². The summed E-state index contributed by atoms with van der Waals surface area (Å²) in [4.78, 5) is 17.5. The summed E-state index contributed by atoms with van der Waals surface area (Å²) >= 11 is 12.8. The quantitative estimate of drug-likeness (QED) is 0.208. The predicted molar refractivity (Wildman–Crippen MR) is 171 cm³/mol. The maximum Gasteiger partial charge on any atom is 0.162 e. The van der Waals surface area contributed by atoms with Crippen molar-refractivity contribution in [3.8, 4) is 28.4 Å². The van der Waals surface area contributed by atoms with Gasteiger partial charge in [0.2, 0.25) is 0 Å². The van der Waals surface area contributed by atoms with E-state index in [1.807, 2.05) is 53.3 Å². The van der Waals surface area contributed by atoms with E-state index in [0.717, 1.165) is 56.1 Å². The molecule has 0 saturated carbocycles. The van der Waals surface area contributed by atoms with Crippen molar-refractivity contribution in [2.24, 2.45) is 5.41 Å². The summed E-state index contributed by atoms with van der Waals surface area (Å²) in [6.07, 6.45) is 3.11. The molecule has 2 aromatic heterocycles. The van der Waals surface area contributed by atoms with E-state index in [1.54, 1.807) is 26.4 Å². The molecule has 9 heteroatoms. The van der Waals surface area contributed by atoms with Gasteiger partial charge < -0.3 is 19.8 Å². The van der Waals surface area contributed by atoms with E-state index in [4.69, 9.17) is 37.8 Å². The number of aromatic amines is 1. The van der Waals surface area contributed by atoms with Crippen LogP contribution in [0.2, 0.25) is 10.0 Å². The minimum atomic E-state index is -0.472. The first-order valence-electron chi connectivity index (χ1n) is 14.1. The van der Waals surface area contributed by atoms with Crippen LogP contribution in [0.3, 0.4) is 0 Å². The van der Waals surface area contributed by atoms with Crippen LogP contribution in [0.1, 0.15) is 43.7 Å². The molecule has 43 heavy (non-hydrogen) atoms. The third-order valence-electron chi connectivity index (χ3n) is 8.43. The Kier molecular flexibility index (Phi) is 6.56. The number of anilines is 1. The van der Waals surface area contributed by atoms with Gasteiger partial charge in [0.15, 0.2) is 5.78 Å². The number of fused-ring (bicyclic) bond motifs is 2.